The van der Waals surface area contributed by atoms with Gasteiger partial charge in [0.1, 0.15) is 11.5 Å². The van der Waals surface area contributed by atoms with E-state index in [1.54, 1.807) is 6.20 Å². The number of hydrogen-bond donors (Lipinski definition) is 1. The van der Waals surface area contributed by atoms with Gasteiger partial charge in [0, 0.05) is 37.7 Å². The predicted molar refractivity (Wildman–Crippen MR) is 119 cm³/mol. The molecule has 0 spiro atoms. The number of aryl methyl sites for hydroxylation is 1. The highest BCUT2D eigenvalue weighted by Gasteiger charge is 2.22. The van der Waals surface area contributed by atoms with Crippen LogP contribution in [-0.2, 0) is 19.4 Å². The van der Waals surface area contributed by atoms with Crippen LogP contribution in [0.3, 0.4) is 0 Å². The van der Waals surface area contributed by atoms with Gasteiger partial charge in [-0.15, -0.1) is 0 Å². The first-order chi connectivity index (χ1) is 14.4. The molecule has 30 heavy (non-hydrogen) atoms. The van der Waals surface area contributed by atoms with Gasteiger partial charge in [-0.05, 0) is 35.6 Å². The maximum Gasteiger partial charge on any atom is 0.220 e. The van der Waals surface area contributed by atoms with Gasteiger partial charge in [0.15, 0.2) is 5.78 Å². The molecule has 3 aromatic rings. The van der Waals surface area contributed by atoms with Crippen LogP contribution < -0.4 is 10.6 Å². The molecule has 0 unspecified atom stereocenters. The summed E-state index contributed by atoms with van der Waals surface area (Å²) in [4.78, 5) is 28.3. The zero-order valence-corrected chi connectivity index (χ0v) is 17.7. The lowest BCUT2D eigenvalue weighted by atomic mass is 9.99. The maximum absolute atomic E-state index is 12.9. The molecule has 0 saturated carbocycles. The largest absolute Gasteiger partial charge is 0.368 e. The molecule has 3 heterocycles. The molecule has 1 aliphatic rings. The van der Waals surface area contributed by atoms with E-state index >= 15 is 0 Å². The fraction of sp³-hybridized carbons (Fsp3) is 0.333. The Morgan fingerprint density at radius 2 is 1.90 bits per heavy atom. The summed E-state index contributed by atoms with van der Waals surface area (Å²) >= 11 is 0. The first kappa shape index (κ1) is 20.0. The van der Waals surface area contributed by atoms with Crippen LogP contribution in [0.25, 0.3) is 0 Å². The number of nitrogens with zero attached hydrogens (tertiary/aromatic N) is 4. The van der Waals surface area contributed by atoms with Crippen molar-refractivity contribution in [2.45, 2.75) is 46.1 Å². The highest BCUT2D eigenvalue weighted by molar-refractivity contribution is 5.96. The van der Waals surface area contributed by atoms with Crippen molar-refractivity contribution in [3.05, 3.63) is 76.2 Å². The molecule has 0 aliphatic carbocycles. The molecule has 0 fully saturated rings. The van der Waals surface area contributed by atoms with Crippen molar-refractivity contribution in [2.24, 2.45) is 0 Å². The summed E-state index contributed by atoms with van der Waals surface area (Å²) in [7, 11) is 0. The number of Topliss-reactive ketones (excluding diaryl/α,β-unsaturated/α-hetero) is 1. The van der Waals surface area contributed by atoms with Gasteiger partial charge in [0.25, 0.3) is 0 Å². The standard InChI is InChI=1S/C24H27N5O/c1-15(2)18-7-5-17(6-8-18)12-22(30)21-9-4-16(3)23(27-21)29-11-10-20-19(14-29)13-26-24(25)28-20/h4-9,13,15H,10-12,14H2,1-3H3,(H2,25,26,28). The van der Waals surface area contributed by atoms with Gasteiger partial charge >= 0.3 is 0 Å². The average Bonchev–Trinajstić information content (AvgIpc) is 2.74. The Morgan fingerprint density at radius 3 is 2.63 bits per heavy atom. The lowest BCUT2D eigenvalue weighted by Crippen LogP contribution is -2.33. The SMILES string of the molecule is Cc1ccc(C(=O)Cc2ccc(C(C)C)cc2)nc1N1CCc2nc(N)ncc2C1. The van der Waals surface area contributed by atoms with Crippen LogP contribution in [0.4, 0.5) is 11.8 Å². The average molecular weight is 402 g/mol. The second-order valence-electron chi connectivity index (χ2n) is 8.20. The molecule has 2 aromatic heterocycles. The number of anilines is 2. The van der Waals surface area contributed by atoms with Gasteiger partial charge in [-0.2, -0.15) is 0 Å². The van der Waals surface area contributed by atoms with E-state index in [0.29, 0.717) is 30.5 Å². The summed E-state index contributed by atoms with van der Waals surface area (Å²) in [6.07, 6.45) is 2.92. The number of carbonyl (C=O) groups excluding carboxylic acids is 1. The minimum Gasteiger partial charge on any atom is -0.368 e. The molecule has 2 N–H and O–H groups in total. The van der Waals surface area contributed by atoms with Crippen LogP contribution in [0.1, 0.15) is 58.2 Å². The van der Waals surface area contributed by atoms with Crippen molar-refractivity contribution in [3.63, 3.8) is 0 Å². The Labute approximate surface area is 177 Å². The van der Waals surface area contributed by atoms with Gasteiger partial charge in [-0.3, -0.25) is 4.79 Å². The summed E-state index contributed by atoms with van der Waals surface area (Å²) in [5.74, 6) is 1.67. The third-order valence-corrected chi connectivity index (χ3v) is 5.62. The van der Waals surface area contributed by atoms with E-state index in [9.17, 15) is 4.79 Å². The zero-order valence-electron chi connectivity index (χ0n) is 17.7. The lowest BCUT2D eigenvalue weighted by Gasteiger charge is -2.30. The third-order valence-electron chi connectivity index (χ3n) is 5.62. The zero-order chi connectivity index (χ0) is 21.3. The summed E-state index contributed by atoms with van der Waals surface area (Å²) < 4.78 is 0. The summed E-state index contributed by atoms with van der Waals surface area (Å²) in [5, 5.41) is 0. The molecule has 6 nitrogen and oxygen atoms in total. The quantitative estimate of drug-likeness (QED) is 0.653. The fourth-order valence-electron chi connectivity index (χ4n) is 3.80. The van der Waals surface area contributed by atoms with Gasteiger partial charge in [0.2, 0.25) is 5.95 Å². The molecule has 0 bridgehead atoms. The Kier molecular flexibility index (Phi) is 5.48. The van der Waals surface area contributed by atoms with Crippen molar-refractivity contribution < 1.29 is 4.79 Å². The van der Waals surface area contributed by atoms with E-state index in [0.717, 1.165) is 41.2 Å². The molecule has 4 rings (SSSR count). The number of carbonyl (C=O) groups is 1. The van der Waals surface area contributed by atoms with Crippen molar-refractivity contribution >= 4 is 17.5 Å². The summed E-state index contributed by atoms with van der Waals surface area (Å²) in [5.41, 5.74) is 11.6. The molecule has 1 aromatic carbocycles. The highest BCUT2D eigenvalue weighted by Crippen LogP contribution is 2.25. The number of nitrogen functional groups attached to an aromatic ring is 1. The molecule has 1 aliphatic heterocycles. The van der Waals surface area contributed by atoms with Crippen molar-refractivity contribution in [1.29, 1.82) is 0 Å². The molecule has 0 atom stereocenters. The summed E-state index contributed by atoms with van der Waals surface area (Å²) in [6, 6.07) is 12.1. The van der Waals surface area contributed by atoms with E-state index in [1.807, 2.05) is 31.2 Å². The normalized spacial score (nSPS) is 13.4. The Bertz CT molecular complexity index is 1080. The maximum atomic E-state index is 12.9. The summed E-state index contributed by atoms with van der Waals surface area (Å²) in [6.45, 7) is 7.80. The van der Waals surface area contributed by atoms with E-state index in [-0.39, 0.29) is 5.78 Å². The molecule has 6 heteroatoms. The van der Waals surface area contributed by atoms with Gasteiger partial charge in [0.05, 0.1) is 5.69 Å². The lowest BCUT2D eigenvalue weighted by molar-refractivity contribution is 0.0988. The van der Waals surface area contributed by atoms with Crippen LogP contribution in [0.2, 0.25) is 0 Å². The molecule has 154 valence electrons. The second-order valence-corrected chi connectivity index (χ2v) is 8.20. The second kappa shape index (κ2) is 8.22. The number of ketones is 1. The Balaban J connectivity index is 1.53. The number of fused-ring (bicyclic) bond motifs is 1. The molecule has 0 saturated heterocycles. The van der Waals surface area contributed by atoms with Crippen molar-refractivity contribution in [3.8, 4) is 0 Å². The monoisotopic (exact) mass is 401 g/mol. The van der Waals surface area contributed by atoms with Gasteiger partial charge in [-0.25, -0.2) is 15.0 Å². The first-order valence-electron chi connectivity index (χ1n) is 10.4. The topological polar surface area (TPSA) is 85.0 Å². The Morgan fingerprint density at radius 1 is 1.13 bits per heavy atom. The molecule has 0 amide bonds. The smallest absolute Gasteiger partial charge is 0.220 e. The predicted octanol–water partition coefficient (Wildman–Crippen LogP) is 3.87. The molecular weight excluding hydrogens is 374 g/mol. The van der Waals surface area contributed by atoms with Crippen LogP contribution >= 0.6 is 0 Å². The Hall–Kier alpha value is -3.28. The highest BCUT2D eigenvalue weighted by atomic mass is 16.1. The third kappa shape index (κ3) is 4.17. The number of nitrogens with two attached hydrogens (primary N) is 1. The van der Waals surface area contributed by atoms with Crippen LogP contribution in [0.5, 0.6) is 0 Å². The number of pyridine rings is 1. The number of rotatable bonds is 5. The molecular formula is C24H27N5O. The first-order valence-corrected chi connectivity index (χ1v) is 10.4. The van der Waals surface area contributed by atoms with Crippen molar-refractivity contribution in [2.75, 3.05) is 17.2 Å². The number of hydrogen-bond acceptors (Lipinski definition) is 6. The van der Waals surface area contributed by atoms with Gasteiger partial charge in [-0.1, -0.05) is 44.2 Å². The molecule has 0 radical (unpaired) electrons. The minimum absolute atomic E-state index is 0.0297. The van der Waals surface area contributed by atoms with Crippen LogP contribution in [0, 0.1) is 6.92 Å². The van der Waals surface area contributed by atoms with Crippen LogP contribution in [-0.4, -0.2) is 27.3 Å². The van der Waals surface area contributed by atoms with Crippen molar-refractivity contribution in [1.82, 2.24) is 15.0 Å². The van der Waals surface area contributed by atoms with E-state index in [2.05, 4.69) is 40.8 Å². The number of benzene rings is 1. The van der Waals surface area contributed by atoms with Gasteiger partial charge < -0.3 is 10.6 Å². The van der Waals surface area contributed by atoms with E-state index < -0.39 is 0 Å². The number of aromatic nitrogens is 3. The van der Waals surface area contributed by atoms with Crippen LogP contribution in [0.15, 0.2) is 42.6 Å². The minimum atomic E-state index is 0.0297. The van der Waals surface area contributed by atoms with E-state index in [4.69, 9.17) is 10.7 Å². The fourth-order valence-corrected chi connectivity index (χ4v) is 3.80. The van der Waals surface area contributed by atoms with E-state index in [1.165, 1.54) is 5.56 Å².